The zero-order valence-corrected chi connectivity index (χ0v) is 38.9. The second-order valence-electron chi connectivity index (χ2n) is 17.6. The highest BCUT2D eigenvalue weighted by Gasteiger charge is 2.24. The monoisotopic (exact) mass is 818 g/mol. The average Bonchev–Trinajstić information content (AvgIpc) is 3.22. The number of hydrogen-bond acceptors (Lipinski definition) is 5. The van der Waals surface area contributed by atoms with Gasteiger partial charge in [-0.15, -0.1) is 0 Å². The van der Waals surface area contributed by atoms with E-state index in [2.05, 4.69) is 50.4 Å². The van der Waals surface area contributed by atoms with Crippen LogP contribution in [0.3, 0.4) is 0 Å². The molecular formula is C52H99NO5. The van der Waals surface area contributed by atoms with E-state index in [9.17, 15) is 19.8 Å². The molecule has 0 aliphatic rings. The molecule has 0 rings (SSSR count). The Morgan fingerprint density at radius 1 is 0.483 bits per heavy atom. The van der Waals surface area contributed by atoms with Crippen LogP contribution in [-0.4, -0.2) is 46.9 Å². The lowest BCUT2D eigenvalue weighted by molar-refractivity contribution is -0.151. The van der Waals surface area contributed by atoms with Crippen LogP contribution in [0.1, 0.15) is 271 Å². The molecule has 0 aliphatic heterocycles. The lowest BCUT2D eigenvalue weighted by atomic mass is 10.0. The lowest BCUT2D eigenvalue weighted by Crippen LogP contribution is -2.46. The summed E-state index contributed by atoms with van der Waals surface area (Å²) in [5.41, 5.74) is 0. The summed E-state index contributed by atoms with van der Waals surface area (Å²) in [7, 11) is 0. The summed E-state index contributed by atoms with van der Waals surface area (Å²) >= 11 is 0. The standard InChI is InChI=1S/C52H99NO5/c1-4-7-10-13-16-19-22-23-24-25-26-27-28-29-30-33-36-39-42-45-52(57)58-48(43-40-37-34-31-20-17-14-11-8-5-2)46-51(56)53-49(47-54)50(55)44-41-38-35-32-21-18-15-12-9-6-3/h17,20,23-24,48-50,54-55H,4-16,18-19,21-22,25-47H2,1-3H3,(H,53,56)/b20-17-,24-23+. The summed E-state index contributed by atoms with van der Waals surface area (Å²) in [6, 6.07) is -0.701. The maximum Gasteiger partial charge on any atom is 0.306 e. The molecular weight excluding hydrogens is 719 g/mol. The maximum absolute atomic E-state index is 13.1. The van der Waals surface area contributed by atoms with Gasteiger partial charge in [-0.2, -0.15) is 0 Å². The van der Waals surface area contributed by atoms with E-state index in [0.29, 0.717) is 19.3 Å². The topological polar surface area (TPSA) is 95.9 Å². The van der Waals surface area contributed by atoms with E-state index in [1.54, 1.807) is 0 Å². The predicted molar refractivity (Wildman–Crippen MR) is 250 cm³/mol. The molecule has 6 nitrogen and oxygen atoms in total. The van der Waals surface area contributed by atoms with Crippen LogP contribution in [0, 0.1) is 0 Å². The molecule has 0 saturated carbocycles. The van der Waals surface area contributed by atoms with Gasteiger partial charge in [0.2, 0.25) is 5.91 Å². The quantitative estimate of drug-likeness (QED) is 0.0323. The summed E-state index contributed by atoms with van der Waals surface area (Å²) in [5, 5.41) is 23.6. The Morgan fingerprint density at radius 2 is 0.828 bits per heavy atom. The third-order valence-corrected chi connectivity index (χ3v) is 11.8. The van der Waals surface area contributed by atoms with Crippen molar-refractivity contribution >= 4 is 11.9 Å². The number of aliphatic hydroxyl groups excluding tert-OH is 2. The Hall–Kier alpha value is -1.66. The molecule has 3 N–H and O–H groups in total. The Morgan fingerprint density at radius 3 is 1.28 bits per heavy atom. The van der Waals surface area contributed by atoms with E-state index in [1.165, 1.54) is 154 Å². The number of allylic oxidation sites excluding steroid dienone is 4. The molecule has 0 aromatic carbocycles. The van der Waals surface area contributed by atoms with E-state index in [4.69, 9.17) is 4.74 Å². The molecule has 342 valence electrons. The molecule has 1 amide bonds. The van der Waals surface area contributed by atoms with Gasteiger partial charge in [0.05, 0.1) is 25.2 Å². The number of unbranched alkanes of at least 4 members (excludes halogenated alkanes) is 30. The molecule has 0 radical (unpaired) electrons. The number of esters is 1. The first-order valence-electron chi connectivity index (χ1n) is 25.6. The number of nitrogens with one attached hydrogen (secondary N) is 1. The van der Waals surface area contributed by atoms with Crippen LogP contribution in [0.2, 0.25) is 0 Å². The number of aliphatic hydroxyl groups is 2. The highest BCUT2D eigenvalue weighted by Crippen LogP contribution is 2.18. The van der Waals surface area contributed by atoms with Gasteiger partial charge in [-0.05, 0) is 77.0 Å². The summed E-state index contributed by atoms with van der Waals surface area (Å²) in [6.45, 7) is 6.44. The summed E-state index contributed by atoms with van der Waals surface area (Å²) < 4.78 is 5.91. The molecule has 0 bridgehead atoms. The molecule has 0 fully saturated rings. The SMILES string of the molecule is CCCCC/C=C\CCCCCC(CC(=O)NC(CO)C(O)CCCCCCCCCCCC)OC(=O)CCCCCCCCCCC/C=C/CCCCCCCC. The minimum absolute atomic E-state index is 0.0695. The van der Waals surface area contributed by atoms with Gasteiger partial charge >= 0.3 is 5.97 Å². The van der Waals surface area contributed by atoms with Crippen LogP contribution in [0.15, 0.2) is 24.3 Å². The molecule has 0 heterocycles. The number of ether oxygens (including phenoxy) is 1. The molecule has 0 aromatic heterocycles. The van der Waals surface area contributed by atoms with Crippen LogP contribution < -0.4 is 5.32 Å². The van der Waals surface area contributed by atoms with Crippen molar-refractivity contribution in [1.82, 2.24) is 5.32 Å². The van der Waals surface area contributed by atoms with Gasteiger partial charge in [-0.25, -0.2) is 0 Å². The van der Waals surface area contributed by atoms with E-state index in [1.807, 2.05) is 0 Å². The fraction of sp³-hybridized carbons (Fsp3) is 0.885. The Labute approximate surface area is 361 Å². The summed E-state index contributed by atoms with van der Waals surface area (Å²) in [5.74, 6) is -0.484. The van der Waals surface area contributed by atoms with Gasteiger partial charge in [-0.3, -0.25) is 9.59 Å². The molecule has 6 heteroatoms. The number of amides is 1. The number of rotatable bonds is 46. The van der Waals surface area contributed by atoms with Crippen molar-refractivity contribution in [2.45, 2.75) is 289 Å². The third kappa shape index (κ3) is 41.1. The lowest BCUT2D eigenvalue weighted by Gasteiger charge is -2.24. The first-order chi connectivity index (χ1) is 28.5. The number of carbonyl (C=O) groups is 2. The highest BCUT2D eigenvalue weighted by molar-refractivity contribution is 5.77. The highest BCUT2D eigenvalue weighted by atomic mass is 16.5. The van der Waals surface area contributed by atoms with Crippen molar-refractivity contribution in [3.05, 3.63) is 24.3 Å². The second-order valence-corrected chi connectivity index (χ2v) is 17.6. The molecule has 0 spiro atoms. The van der Waals surface area contributed by atoms with Gasteiger partial charge in [-0.1, -0.05) is 206 Å². The smallest absolute Gasteiger partial charge is 0.306 e. The zero-order valence-electron chi connectivity index (χ0n) is 38.9. The summed E-state index contributed by atoms with van der Waals surface area (Å²) in [4.78, 5) is 26.0. The zero-order chi connectivity index (χ0) is 42.4. The molecule has 3 unspecified atom stereocenters. The van der Waals surface area contributed by atoms with Crippen molar-refractivity contribution in [2.24, 2.45) is 0 Å². The molecule has 58 heavy (non-hydrogen) atoms. The van der Waals surface area contributed by atoms with Crippen molar-refractivity contribution in [3.8, 4) is 0 Å². The Kier molecular flexibility index (Phi) is 45.1. The van der Waals surface area contributed by atoms with Gasteiger partial charge < -0.3 is 20.3 Å². The van der Waals surface area contributed by atoms with Gasteiger partial charge in [0.25, 0.3) is 0 Å². The molecule has 0 saturated heterocycles. The van der Waals surface area contributed by atoms with E-state index in [0.717, 1.165) is 70.6 Å². The maximum atomic E-state index is 13.1. The van der Waals surface area contributed by atoms with Crippen LogP contribution in [0.4, 0.5) is 0 Å². The molecule has 3 atom stereocenters. The Balaban J connectivity index is 4.44. The summed E-state index contributed by atoms with van der Waals surface area (Å²) in [6.07, 6.45) is 52.5. The van der Waals surface area contributed by atoms with Gasteiger partial charge in [0, 0.05) is 6.42 Å². The molecule has 0 aliphatic carbocycles. The Bertz CT molecular complexity index is 919. The van der Waals surface area contributed by atoms with Crippen LogP contribution in [0.25, 0.3) is 0 Å². The van der Waals surface area contributed by atoms with E-state index < -0.39 is 18.2 Å². The number of hydrogen-bond donors (Lipinski definition) is 3. The average molecular weight is 818 g/mol. The van der Waals surface area contributed by atoms with Crippen molar-refractivity contribution in [2.75, 3.05) is 6.61 Å². The normalized spacial score (nSPS) is 13.4. The fourth-order valence-corrected chi connectivity index (χ4v) is 7.83. The predicted octanol–water partition coefficient (Wildman–Crippen LogP) is 15.1. The third-order valence-electron chi connectivity index (χ3n) is 11.8. The van der Waals surface area contributed by atoms with Gasteiger partial charge in [0.1, 0.15) is 6.10 Å². The first kappa shape index (κ1) is 56.3. The minimum atomic E-state index is -0.786. The number of carbonyl (C=O) groups excluding carboxylic acids is 2. The largest absolute Gasteiger partial charge is 0.462 e. The second kappa shape index (κ2) is 46.4. The van der Waals surface area contributed by atoms with Crippen molar-refractivity contribution < 1.29 is 24.5 Å². The van der Waals surface area contributed by atoms with Crippen LogP contribution in [-0.2, 0) is 14.3 Å². The minimum Gasteiger partial charge on any atom is -0.462 e. The fourth-order valence-electron chi connectivity index (χ4n) is 7.83. The first-order valence-corrected chi connectivity index (χ1v) is 25.6. The molecule has 0 aromatic rings. The van der Waals surface area contributed by atoms with E-state index >= 15 is 0 Å². The van der Waals surface area contributed by atoms with Crippen molar-refractivity contribution in [1.29, 1.82) is 0 Å². The van der Waals surface area contributed by atoms with Gasteiger partial charge in [0.15, 0.2) is 0 Å². The van der Waals surface area contributed by atoms with Crippen LogP contribution in [0.5, 0.6) is 0 Å². The van der Waals surface area contributed by atoms with Crippen LogP contribution >= 0.6 is 0 Å². The van der Waals surface area contributed by atoms with Crippen molar-refractivity contribution in [3.63, 3.8) is 0 Å². The van der Waals surface area contributed by atoms with E-state index in [-0.39, 0.29) is 24.9 Å².